The van der Waals surface area contributed by atoms with Crippen LogP contribution in [-0.4, -0.2) is 59.5 Å². The summed E-state index contributed by atoms with van der Waals surface area (Å²) in [6, 6.07) is 14.9. The van der Waals surface area contributed by atoms with Crippen molar-refractivity contribution in [3.63, 3.8) is 0 Å². The first kappa shape index (κ1) is 22.7. The second-order valence-corrected chi connectivity index (χ2v) is 7.90. The van der Waals surface area contributed by atoms with Crippen LogP contribution in [0.1, 0.15) is 27.7 Å². The van der Waals surface area contributed by atoms with Crippen molar-refractivity contribution in [2.24, 2.45) is 0 Å². The first-order valence-electron chi connectivity index (χ1n) is 10.7. The molecule has 4 rings (SSSR count). The SMILES string of the molecule is COCCN(CC(=O)N1CCn2cccc2C1c1cccc(F)c1)C(=O)c1cccc(F)c1. The van der Waals surface area contributed by atoms with Gasteiger partial charge < -0.3 is 19.1 Å². The number of carbonyl (C=O) groups is 2. The van der Waals surface area contributed by atoms with Gasteiger partial charge in [-0.3, -0.25) is 9.59 Å². The molecule has 0 saturated carbocycles. The molecule has 3 aromatic rings. The molecule has 1 unspecified atom stereocenters. The molecule has 1 aliphatic rings. The zero-order valence-electron chi connectivity index (χ0n) is 18.3. The van der Waals surface area contributed by atoms with Gasteiger partial charge in [0, 0.05) is 44.2 Å². The van der Waals surface area contributed by atoms with Gasteiger partial charge in [-0.1, -0.05) is 18.2 Å². The Labute approximate surface area is 191 Å². The van der Waals surface area contributed by atoms with Crippen LogP contribution in [-0.2, 0) is 16.1 Å². The summed E-state index contributed by atoms with van der Waals surface area (Å²) in [5.41, 5.74) is 1.69. The quantitative estimate of drug-likeness (QED) is 0.551. The molecule has 2 amide bonds. The first-order valence-corrected chi connectivity index (χ1v) is 10.7. The van der Waals surface area contributed by atoms with Gasteiger partial charge >= 0.3 is 0 Å². The lowest BCUT2D eigenvalue weighted by molar-refractivity contribution is -0.134. The molecule has 6 nitrogen and oxygen atoms in total. The number of hydrogen-bond donors (Lipinski definition) is 0. The average Bonchev–Trinajstić information content (AvgIpc) is 3.29. The summed E-state index contributed by atoms with van der Waals surface area (Å²) in [6.45, 7) is 1.20. The third kappa shape index (κ3) is 4.96. The number of amides is 2. The second-order valence-electron chi connectivity index (χ2n) is 7.90. The maximum Gasteiger partial charge on any atom is 0.254 e. The van der Waals surface area contributed by atoms with Crippen LogP contribution >= 0.6 is 0 Å². The summed E-state index contributed by atoms with van der Waals surface area (Å²) in [5, 5.41) is 0. The Kier molecular flexibility index (Phi) is 6.84. The molecule has 1 atom stereocenters. The van der Waals surface area contributed by atoms with Crippen molar-refractivity contribution in [1.29, 1.82) is 0 Å². The number of methoxy groups -OCH3 is 1. The fourth-order valence-corrected chi connectivity index (χ4v) is 4.19. The van der Waals surface area contributed by atoms with Crippen LogP contribution in [0.5, 0.6) is 0 Å². The van der Waals surface area contributed by atoms with E-state index in [1.807, 2.05) is 22.9 Å². The number of benzene rings is 2. The molecule has 0 N–H and O–H groups in total. The minimum Gasteiger partial charge on any atom is -0.383 e. The summed E-state index contributed by atoms with van der Waals surface area (Å²) in [4.78, 5) is 29.6. The normalized spacial score (nSPS) is 15.2. The highest BCUT2D eigenvalue weighted by atomic mass is 19.1. The molecule has 1 aliphatic heterocycles. The Balaban J connectivity index is 1.62. The fourth-order valence-electron chi connectivity index (χ4n) is 4.19. The van der Waals surface area contributed by atoms with E-state index >= 15 is 0 Å². The van der Waals surface area contributed by atoms with E-state index in [0.717, 1.165) is 11.8 Å². The number of aromatic nitrogens is 1. The van der Waals surface area contributed by atoms with Gasteiger partial charge in [0.1, 0.15) is 18.2 Å². The van der Waals surface area contributed by atoms with Crippen LogP contribution in [0.4, 0.5) is 8.78 Å². The third-order valence-corrected chi connectivity index (χ3v) is 5.77. The number of rotatable bonds is 7. The van der Waals surface area contributed by atoms with E-state index in [9.17, 15) is 18.4 Å². The Morgan fingerprint density at radius 2 is 1.79 bits per heavy atom. The highest BCUT2D eigenvalue weighted by Crippen LogP contribution is 2.33. The number of halogens is 2. The summed E-state index contributed by atoms with van der Waals surface area (Å²) >= 11 is 0. The van der Waals surface area contributed by atoms with Gasteiger partial charge in [0.25, 0.3) is 5.91 Å². The van der Waals surface area contributed by atoms with E-state index in [4.69, 9.17) is 4.74 Å². The lowest BCUT2D eigenvalue weighted by Gasteiger charge is -2.38. The summed E-state index contributed by atoms with van der Waals surface area (Å²) < 4.78 is 34.8. The number of carbonyl (C=O) groups excluding carboxylic acids is 2. The molecule has 172 valence electrons. The number of nitrogens with zero attached hydrogens (tertiary/aromatic N) is 3. The molecule has 8 heteroatoms. The molecule has 2 aromatic carbocycles. The zero-order chi connectivity index (χ0) is 23.4. The van der Waals surface area contributed by atoms with Crippen LogP contribution in [0.3, 0.4) is 0 Å². The maximum atomic E-state index is 14.0. The van der Waals surface area contributed by atoms with Gasteiger partial charge in [-0.15, -0.1) is 0 Å². The summed E-state index contributed by atoms with van der Waals surface area (Å²) in [7, 11) is 1.51. The lowest BCUT2D eigenvalue weighted by atomic mass is 9.99. The second kappa shape index (κ2) is 9.95. The predicted octanol–water partition coefficient (Wildman–Crippen LogP) is 3.49. The van der Waals surface area contributed by atoms with Gasteiger partial charge in [-0.25, -0.2) is 8.78 Å². The van der Waals surface area contributed by atoms with E-state index in [0.29, 0.717) is 18.7 Å². The van der Waals surface area contributed by atoms with Crippen molar-refractivity contribution in [2.45, 2.75) is 12.6 Å². The smallest absolute Gasteiger partial charge is 0.254 e. The first-order chi connectivity index (χ1) is 16.0. The molecule has 0 aliphatic carbocycles. The zero-order valence-corrected chi connectivity index (χ0v) is 18.3. The number of fused-ring (bicyclic) bond motifs is 1. The molecule has 1 aromatic heterocycles. The van der Waals surface area contributed by atoms with Crippen molar-refractivity contribution in [1.82, 2.24) is 14.4 Å². The van der Waals surface area contributed by atoms with Crippen molar-refractivity contribution >= 4 is 11.8 Å². The van der Waals surface area contributed by atoms with Gasteiger partial charge in [-0.05, 0) is 48.0 Å². The van der Waals surface area contributed by atoms with Crippen molar-refractivity contribution in [2.75, 3.05) is 33.4 Å². The molecular formula is C25H25F2N3O3. The van der Waals surface area contributed by atoms with E-state index < -0.39 is 17.8 Å². The van der Waals surface area contributed by atoms with Crippen molar-refractivity contribution < 1.29 is 23.1 Å². The Hall–Kier alpha value is -3.52. The monoisotopic (exact) mass is 453 g/mol. The largest absolute Gasteiger partial charge is 0.383 e. The number of hydrogen-bond acceptors (Lipinski definition) is 3. The summed E-state index contributed by atoms with van der Waals surface area (Å²) in [5.74, 6) is -1.64. The molecule has 33 heavy (non-hydrogen) atoms. The third-order valence-electron chi connectivity index (χ3n) is 5.77. The van der Waals surface area contributed by atoms with Crippen LogP contribution in [0.15, 0.2) is 66.9 Å². The minimum absolute atomic E-state index is 0.160. The van der Waals surface area contributed by atoms with E-state index in [1.165, 1.54) is 42.3 Å². The Morgan fingerprint density at radius 1 is 1.03 bits per heavy atom. The predicted molar refractivity (Wildman–Crippen MR) is 119 cm³/mol. The fraction of sp³-hybridized carbons (Fsp3) is 0.280. The molecule has 0 bridgehead atoms. The lowest BCUT2D eigenvalue weighted by Crippen LogP contribution is -2.48. The maximum absolute atomic E-state index is 14.0. The standard InChI is InChI=1S/C25H25F2N3O3/c1-33-14-13-29(25(32)19-6-3-8-21(27)16-19)17-23(31)30-12-11-28-10-4-9-22(28)24(30)18-5-2-7-20(26)15-18/h2-10,15-16,24H,11-14,17H2,1H3. The molecular weight excluding hydrogens is 428 g/mol. The van der Waals surface area contributed by atoms with Crippen LogP contribution in [0.25, 0.3) is 0 Å². The molecule has 0 saturated heterocycles. The van der Waals surface area contributed by atoms with Crippen LogP contribution in [0, 0.1) is 11.6 Å². The van der Waals surface area contributed by atoms with Gasteiger partial charge in [0.15, 0.2) is 0 Å². The Morgan fingerprint density at radius 3 is 2.52 bits per heavy atom. The molecule has 2 heterocycles. The molecule has 0 radical (unpaired) electrons. The van der Waals surface area contributed by atoms with Crippen molar-refractivity contribution in [3.8, 4) is 0 Å². The molecule has 0 fully saturated rings. The van der Waals surface area contributed by atoms with Gasteiger partial charge in [-0.2, -0.15) is 0 Å². The number of ether oxygens (including phenoxy) is 1. The highest BCUT2D eigenvalue weighted by molar-refractivity contribution is 5.96. The van der Waals surface area contributed by atoms with Gasteiger partial charge in [0.2, 0.25) is 5.91 Å². The van der Waals surface area contributed by atoms with Crippen LogP contribution < -0.4 is 0 Å². The molecule has 0 spiro atoms. The Bertz CT molecular complexity index is 1150. The van der Waals surface area contributed by atoms with Gasteiger partial charge in [0.05, 0.1) is 12.6 Å². The average molecular weight is 453 g/mol. The van der Waals surface area contributed by atoms with Crippen molar-refractivity contribution in [3.05, 3.63) is 95.3 Å². The topological polar surface area (TPSA) is 54.8 Å². The van der Waals surface area contributed by atoms with Crippen LogP contribution in [0.2, 0.25) is 0 Å². The van der Waals surface area contributed by atoms with E-state index in [1.54, 1.807) is 17.0 Å². The highest BCUT2D eigenvalue weighted by Gasteiger charge is 2.33. The summed E-state index contributed by atoms with van der Waals surface area (Å²) in [6.07, 6.45) is 1.93. The minimum atomic E-state index is -0.526. The van der Waals surface area contributed by atoms with E-state index in [-0.39, 0.29) is 37.0 Å². The van der Waals surface area contributed by atoms with E-state index in [2.05, 4.69) is 0 Å².